The first kappa shape index (κ1) is 8.00. The molecular formula is C8H6N2O2S. The fraction of sp³-hybridized carbons (Fsp3) is 0. The van der Waals surface area contributed by atoms with Crippen molar-refractivity contribution in [2.45, 2.75) is 0 Å². The maximum atomic E-state index is 10.8. The van der Waals surface area contributed by atoms with Crippen molar-refractivity contribution in [2.24, 2.45) is 0 Å². The second-order valence-corrected chi connectivity index (χ2v) is 3.58. The zero-order valence-corrected chi connectivity index (χ0v) is 7.34. The molecule has 0 aliphatic rings. The third kappa shape index (κ3) is 1.13. The molecule has 0 radical (unpaired) electrons. The minimum Gasteiger partial charge on any atom is -0.478 e. The first-order valence-corrected chi connectivity index (χ1v) is 4.38. The largest absolute Gasteiger partial charge is 0.478 e. The van der Waals surface area contributed by atoms with Gasteiger partial charge in [-0.05, 0) is 12.1 Å². The van der Waals surface area contributed by atoms with Crippen molar-refractivity contribution in [1.82, 2.24) is 4.98 Å². The number of nitrogens with two attached hydrogens (primary N) is 1. The Labute approximate surface area is 77.6 Å². The summed E-state index contributed by atoms with van der Waals surface area (Å²) < 4.78 is 0.803. The van der Waals surface area contributed by atoms with Crippen LogP contribution in [0, 0.1) is 0 Å². The van der Waals surface area contributed by atoms with Gasteiger partial charge in [0.05, 0.1) is 10.2 Å². The summed E-state index contributed by atoms with van der Waals surface area (Å²) in [7, 11) is 0. The molecule has 0 bridgehead atoms. The lowest BCUT2D eigenvalue weighted by Crippen LogP contribution is -1.99. The molecule has 0 spiro atoms. The van der Waals surface area contributed by atoms with Gasteiger partial charge in [0.15, 0.2) is 0 Å². The van der Waals surface area contributed by atoms with Gasteiger partial charge in [0.25, 0.3) is 0 Å². The maximum absolute atomic E-state index is 10.8. The number of fused-ring (bicyclic) bond motifs is 1. The summed E-state index contributed by atoms with van der Waals surface area (Å²) in [4.78, 5) is 14.8. The zero-order valence-electron chi connectivity index (χ0n) is 6.52. The Morgan fingerprint density at radius 1 is 1.62 bits per heavy atom. The highest BCUT2D eigenvalue weighted by atomic mass is 32.1. The van der Waals surface area contributed by atoms with Crippen LogP contribution in [0.5, 0.6) is 0 Å². The standard InChI is InChI=1S/C8H6N2O2S/c9-7-5(8(11)12)6-4(13-7)2-1-3-10-6/h1-3H,9H2,(H,11,12). The number of carboxylic acid groups (broad SMARTS) is 1. The number of thiophene rings is 1. The second-order valence-electron chi connectivity index (χ2n) is 2.50. The van der Waals surface area contributed by atoms with Crippen LogP contribution >= 0.6 is 11.3 Å². The summed E-state index contributed by atoms with van der Waals surface area (Å²) in [6.45, 7) is 0. The van der Waals surface area contributed by atoms with Crippen LogP contribution in [-0.4, -0.2) is 16.1 Å². The summed E-state index contributed by atoms with van der Waals surface area (Å²) >= 11 is 1.24. The van der Waals surface area contributed by atoms with Gasteiger partial charge in [0, 0.05) is 6.20 Å². The molecule has 2 heterocycles. The summed E-state index contributed by atoms with van der Waals surface area (Å²) in [5, 5.41) is 9.15. The number of hydrogen-bond donors (Lipinski definition) is 2. The molecule has 13 heavy (non-hydrogen) atoms. The van der Waals surface area contributed by atoms with Crippen molar-refractivity contribution in [1.29, 1.82) is 0 Å². The van der Waals surface area contributed by atoms with Gasteiger partial charge >= 0.3 is 5.97 Å². The number of aromatic carboxylic acids is 1. The van der Waals surface area contributed by atoms with Crippen molar-refractivity contribution < 1.29 is 9.90 Å². The lowest BCUT2D eigenvalue weighted by Gasteiger charge is -1.91. The lowest BCUT2D eigenvalue weighted by atomic mass is 10.2. The summed E-state index contributed by atoms with van der Waals surface area (Å²) in [6, 6.07) is 3.56. The van der Waals surface area contributed by atoms with E-state index in [2.05, 4.69) is 4.98 Å². The highest BCUT2D eigenvalue weighted by molar-refractivity contribution is 7.23. The van der Waals surface area contributed by atoms with E-state index in [0.717, 1.165) is 4.70 Å². The number of rotatable bonds is 1. The molecule has 0 saturated carbocycles. The van der Waals surface area contributed by atoms with Crippen LogP contribution in [0.1, 0.15) is 10.4 Å². The van der Waals surface area contributed by atoms with E-state index in [-0.39, 0.29) is 5.56 Å². The van der Waals surface area contributed by atoms with E-state index in [1.165, 1.54) is 11.3 Å². The molecule has 3 N–H and O–H groups in total. The quantitative estimate of drug-likeness (QED) is 0.722. The summed E-state index contributed by atoms with van der Waals surface area (Å²) in [5.74, 6) is -1.03. The van der Waals surface area contributed by atoms with Crippen molar-refractivity contribution in [2.75, 3.05) is 5.73 Å². The minimum atomic E-state index is -1.03. The Morgan fingerprint density at radius 2 is 2.38 bits per heavy atom. The van der Waals surface area contributed by atoms with Gasteiger partial charge in [0.1, 0.15) is 10.6 Å². The molecule has 66 valence electrons. The third-order valence-electron chi connectivity index (χ3n) is 1.69. The van der Waals surface area contributed by atoms with Gasteiger partial charge in [0.2, 0.25) is 0 Å². The molecule has 0 amide bonds. The number of carbonyl (C=O) groups is 1. The predicted octanol–water partition coefficient (Wildman–Crippen LogP) is 1.58. The Kier molecular flexibility index (Phi) is 1.66. The van der Waals surface area contributed by atoms with E-state index in [1.54, 1.807) is 18.3 Å². The fourth-order valence-electron chi connectivity index (χ4n) is 1.15. The van der Waals surface area contributed by atoms with E-state index in [0.29, 0.717) is 10.5 Å². The molecule has 2 rings (SSSR count). The molecule has 2 aromatic heterocycles. The highest BCUT2D eigenvalue weighted by Gasteiger charge is 2.16. The molecule has 0 unspecified atom stereocenters. The molecule has 2 aromatic rings. The number of carboxylic acids is 1. The van der Waals surface area contributed by atoms with E-state index in [1.807, 2.05) is 0 Å². The Hall–Kier alpha value is -1.62. The third-order valence-corrected chi connectivity index (χ3v) is 2.66. The number of pyridine rings is 1. The molecule has 0 saturated heterocycles. The molecule has 0 aliphatic carbocycles. The number of nitrogens with zero attached hydrogens (tertiary/aromatic N) is 1. The topological polar surface area (TPSA) is 76.2 Å². The van der Waals surface area contributed by atoms with Gasteiger partial charge < -0.3 is 10.8 Å². The lowest BCUT2D eigenvalue weighted by molar-refractivity contribution is 0.0700. The van der Waals surface area contributed by atoms with E-state index >= 15 is 0 Å². The molecule has 0 atom stereocenters. The molecular weight excluding hydrogens is 188 g/mol. The molecule has 4 nitrogen and oxygen atoms in total. The number of nitrogen functional groups attached to an aromatic ring is 1. The van der Waals surface area contributed by atoms with Crippen molar-refractivity contribution in [3.05, 3.63) is 23.9 Å². The molecule has 0 aromatic carbocycles. The van der Waals surface area contributed by atoms with Crippen LogP contribution in [-0.2, 0) is 0 Å². The Bertz CT molecular complexity index is 478. The Morgan fingerprint density at radius 3 is 3.08 bits per heavy atom. The van der Waals surface area contributed by atoms with Gasteiger partial charge in [-0.1, -0.05) is 0 Å². The van der Waals surface area contributed by atoms with Crippen LogP contribution in [0.2, 0.25) is 0 Å². The van der Waals surface area contributed by atoms with Crippen LogP contribution in [0.15, 0.2) is 18.3 Å². The summed E-state index contributed by atoms with van der Waals surface area (Å²) in [6.07, 6.45) is 1.56. The van der Waals surface area contributed by atoms with Crippen molar-refractivity contribution in [3.8, 4) is 0 Å². The van der Waals surface area contributed by atoms with Gasteiger partial charge in [-0.3, -0.25) is 4.98 Å². The maximum Gasteiger partial charge on any atom is 0.340 e. The zero-order chi connectivity index (χ0) is 9.42. The van der Waals surface area contributed by atoms with Gasteiger partial charge in [-0.2, -0.15) is 0 Å². The first-order chi connectivity index (χ1) is 6.20. The van der Waals surface area contributed by atoms with Crippen LogP contribution in [0.25, 0.3) is 10.2 Å². The van der Waals surface area contributed by atoms with Crippen molar-refractivity contribution >= 4 is 32.5 Å². The van der Waals surface area contributed by atoms with Crippen LogP contribution in [0.4, 0.5) is 5.00 Å². The molecule has 0 fully saturated rings. The predicted molar refractivity (Wildman–Crippen MR) is 51.0 cm³/mol. The average Bonchev–Trinajstić information content (AvgIpc) is 2.39. The van der Waals surface area contributed by atoms with Crippen molar-refractivity contribution in [3.63, 3.8) is 0 Å². The van der Waals surface area contributed by atoms with Gasteiger partial charge in [-0.25, -0.2) is 4.79 Å². The highest BCUT2D eigenvalue weighted by Crippen LogP contribution is 2.31. The smallest absolute Gasteiger partial charge is 0.340 e. The SMILES string of the molecule is Nc1sc2cccnc2c1C(=O)O. The normalized spacial score (nSPS) is 10.5. The average molecular weight is 194 g/mol. The van der Waals surface area contributed by atoms with E-state index in [4.69, 9.17) is 10.8 Å². The minimum absolute atomic E-state index is 0.112. The number of hydrogen-bond acceptors (Lipinski definition) is 4. The van der Waals surface area contributed by atoms with E-state index < -0.39 is 5.97 Å². The number of aromatic nitrogens is 1. The summed E-state index contributed by atoms with van der Waals surface area (Å²) in [5.41, 5.74) is 6.13. The molecule has 5 heteroatoms. The first-order valence-electron chi connectivity index (χ1n) is 3.56. The van der Waals surface area contributed by atoms with Gasteiger partial charge in [-0.15, -0.1) is 11.3 Å². The Balaban J connectivity index is 2.86. The fourth-order valence-corrected chi connectivity index (χ4v) is 2.07. The van der Waals surface area contributed by atoms with Crippen LogP contribution in [0.3, 0.4) is 0 Å². The monoisotopic (exact) mass is 194 g/mol. The van der Waals surface area contributed by atoms with E-state index in [9.17, 15) is 4.79 Å². The van der Waals surface area contributed by atoms with Crippen LogP contribution < -0.4 is 5.73 Å². The second kappa shape index (κ2) is 2.70. The molecule has 0 aliphatic heterocycles. The number of anilines is 1.